The number of nitrogens with one attached hydrogen (secondary N) is 1. The van der Waals surface area contributed by atoms with E-state index in [1.165, 1.54) is 0 Å². The predicted octanol–water partition coefficient (Wildman–Crippen LogP) is 1.51. The summed E-state index contributed by atoms with van der Waals surface area (Å²) in [5, 5.41) is 2.99. The Morgan fingerprint density at radius 2 is 2.41 bits per heavy atom. The second-order valence-electron chi connectivity index (χ2n) is 3.96. The van der Waals surface area contributed by atoms with Crippen molar-refractivity contribution in [2.24, 2.45) is 0 Å². The molecule has 1 saturated heterocycles. The van der Waals surface area contributed by atoms with Gasteiger partial charge in [0.15, 0.2) is 0 Å². The van der Waals surface area contributed by atoms with Crippen molar-refractivity contribution in [3.8, 4) is 5.75 Å². The molecule has 4 nitrogen and oxygen atoms in total. The molecule has 1 aliphatic rings. The number of rotatable bonds is 3. The third-order valence-corrected chi connectivity index (χ3v) is 3.96. The zero-order valence-corrected chi connectivity index (χ0v) is 10.5. The normalized spacial score (nSPS) is 19.0. The number of nitrogens with two attached hydrogens (primary N) is 1. The molecule has 17 heavy (non-hydrogen) atoms. The van der Waals surface area contributed by atoms with Gasteiger partial charge in [-0.05, 0) is 24.3 Å². The van der Waals surface area contributed by atoms with Crippen LogP contribution in [0.25, 0.3) is 0 Å². The number of amides is 1. The molecule has 1 amide bonds. The Hall–Kier alpha value is -1.36. The van der Waals surface area contributed by atoms with Gasteiger partial charge in [-0.1, -0.05) is 6.07 Å². The Balaban J connectivity index is 2.12. The molecule has 1 unspecified atom stereocenters. The molecule has 1 aromatic rings. The van der Waals surface area contributed by atoms with Crippen molar-refractivity contribution in [2.75, 3.05) is 24.3 Å². The van der Waals surface area contributed by atoms with Gasteiger partial charge in [0.2, 0.25) is 0 Å². The van der Waals surface area contributed by atoms with Crippen LogP contribution in [-0.4, -0.2) is 30.6 Å². The van der Waals surface area contributed by atoms with E-state index in [2.05, 4.69) is 5.32 Å². The predicted molar refractivity (Wildman–Crippen MR) is 70.6 cm³/mol. The topological polar surface area (TPSA) is 64.3 Å². The molecule has 0 spiro atoms. The van der Waals surface area contributed by atoms with Crippen LogP contribution in [0.5, 0.6) is 5.75 Å². The van der Waals surface area contributed by atoms with Crippen molar-refractivity contribution in [1.29, 1.82) is 0 Å². The molecule has 1 aliphatic heterocycles. The molecule has 5 heteroatoms. The van der Waals surface area contributed by atoms with E-state index in [0.717, 1.165) is 17.9 Å². The minimum absolute atomic E-state index is 0.117. The van der Waals surface area contributed by atoms with E-state index in [9.17, 15) is 4.79 Å². The number of hydrogen-bond donors (Lipinski definition) is 2. The van der Waals surface area contributed by atoms with Crippen molar-refractivity contribution >= 4 is 23.4 Å². The number of para-hydroxylation sites is 1. The number of nitrogen functional groups attached to an aromatic ring is 1. The van der Waals surface area contributed by atoms with Crippen molar-refractivity contribution in [2.45, 2.75) is 12.5 Å². The van der Waals surface area contributed by atoms with E-state index in [0.29, 0.717) is 17.0 Å². The van der Waals surface area contributed by atoms with Gasteiger partial charge in [-0.3, -0.25) is 4.79 Å². The highest BCUT2D eigenvalue weighted by Crippen LogP contribution is 2.25. The number of carbonyl (C=O) groups excluding carboxylic acids is 1. The number of thioether (sulfide) groups is 1. The second-order valence-corrected chi connectivity index (χ2v) is 5.11. The molecular formula is C12H16N2O2S. The smallest absolute Gasteiger partial charge is 0.253 e. The Labute approximate surface area is 105 Å². The van der Waals surface area contributed by atoms with Crippen molar-refractivity contribution in [3.05, 3.63) is 23.8 Å². The Bertz CT molecular complexity index is 417. The van der Waals surface area contributed by atoms with E-state index in [-0.39, 0.29) is 11.9 Å². The summed E-state index contributed by atoms with van der Waals surface area (Å²) in [5.41, 5.74) is 6.77. The molecular weight excluding hydrogens is 236 g/mol. The summed E-state index contributed by atoms with van der Waals surface area (Å²) >= 11 is 1.86. The molecule has 0 bridgehead atoms. The summed E-state index contributed by atoms with van der Waals surface area (Å²) in [5.74, 6) is 2.51. The van der Waals surface area contributed by atoms with Crippen molar-refractivity contribution in [1.82, 2.24) is 5.32 Å². The Morgan fingerprint density at radius 3 is 3.06 bits per heavy atom. The third-order valence-electron chi connectivity index (χ3n) is 2.80. The fourth-order valence-corrected chi connectivity index (χ4v) is 2.98. The summed E-state index contributed by atoms with van der Waals surface area (Å²) in [7, 11) is 1.54. The van der Waals surface area contributed by atoms with E-state index in [4.69, 9.17) is 10.5 Å². The first-order valence-electron chi connectivity index (χ1n) is 5.53. The van der Waals surface area contributed by atoms with Crippen LogP contribution in [0.15, 0.2) is 18.2 Å². The van der Waals surface area contributed by atoms with Gasteiger partial charge >= 0.3 is 0 Å². The summed E-state index contributed by atoms with van der Waals surface area (Å²) in [6.45, 7) is 0. The molecule has 1 heterocycles. The maximum Gasteiger partial charge on any atom is 0.253 e. The molecule has 0 aliphatic carbocycles. The molecule has 92 valence electrons. The summed E-state index contributed by atoms with van der Waals surface area (Å²) < 4.78 is 5.10. The summed E-state index contributed by atoms with van der Waals surface area (Å²) in [6.07, 6.45) is 1.03. The van der Waals surface area contributed by atoms with Crippen LogP contribution in [-0.2, 0) is 0 Å². The van der Waals surface area contributed by atoms with Crippen molar-refractivity contribution < 1.29 is 9.53 Å². The van der Waals surface area contributed by atoms with E-state index >= 15 is 0 Å². The van der Waals surface area contributed by atoms with Crippen LogP contribution in [0.4, 0.5) is 5.69 Å². The van der Waals surface area contributed by atoms with Crippen LogP contribution in [0, 0.1) is 0 Å². The zero-order valence-electron chi connectivity index (χ0n) is 9.73. The zero-order chi connectivity index (χ0) is 12.3. The fourth-order valence-electron chi connectivity index (χ4n) is 1.83. The maximum atomic E-state index is 12.0. The highest BCUT2D eigenvalue weighted by molar-refractivity contribution is 7.99. The first-order chi connectivity index (χ1) is 8.22. The number of methoxy groups -OCH3 is 1. The van der Waals surface area contributed by atoms with E-state index in [1.807, 2.05) is 11.8 Å². The van der Waals surface area contributed by atoms with Crippen LogP contribution in [0.2, 0.25) is 0 Å². The van der Waals surface area contributed by atoms with E-state index in [1.54, 1.807) is 25.3 Å². The SMILES string of the molecule is COc1cccc(C(=O)NC2CCSC2)c1N. The summed E-state index contributed by atoms with van der Waals surface area (Å²) in [4.78, 5) is 12.0. The number of anilines is 1. The Morgan fingerprint density at radius 1 is 1.59 bits per heavy atom. The number of benzene rings is 1. The highest BCUT2D eigenvalue weighted by atomic mass is 32.2. The quantitative estimate of drug-likeness (QED) is 0.800. The van der Waals surface area contributed by atoms with Crippen LogP contribution in [0.1, 0.15) is 16.8 Å². The summed E-state index contributed by atoms with van der Waals surface area (Å²) in [6, 6.07) is 5.50. The molecule has 1 fully saturated rings. The second kappa shape index (κ2) is 5.31. The van der Waals surface area contributed by atoms with Gasteiger partial charge in [0, 0.05) is 11.8 Å². The van der Waals surface area contributed by atoms with Gasteiger partial charge in [-0.25, -0.2) is 0 Å². The van der Waals surface area contributed by atoms with Gasteiger partial charge in [0.25, 0.3) is 5.91 Å². The van der Waals surface area contributed by atoms with Gasteiger partial charge in [0.1, 0.15) is 5.75 Å². The molecule has 2 rings (SSSR count). The molecule has 0 saturated carbocycles. The lowest BCUT2D eigenvalue weighted by molar-refractivity contribution is 0.0942. The largest absolute Gasteiger partial charge is 0.495 e. The monoisotopic (exact) mass is 252 g/mol. The van der Waals surface area contributed by atoms with Gasteiger partial charge < -0.3 is 15.8 Å². The van der Waals surface area contributed by atoms with Gasteiger partial charge in [-0.2, -0.15) is 11.8 Å². The first-order valence-corrected chi connectivity index (χ1v) is 6.69. The van der Waals surface area contributed by atoms with Crippen molar-refractivity contribution in [3.63, 3.8) is 0 Å². The van der Waals surface area contributed by atoms with Crippen LogP contribution >= 0.6 is 11.8 Å². The first kappa shape index (κ1) is 12.1. The molecule has 1 aromatic carbocycles. The molecule has 3 N–H and O–H groups in total. The molecule has 0 aromatic heterocycles. The fraction of sp³-hybridized carbons (Fsp3) is 0.417. The van der Waals surface area contributed by atoms with Crippen LogP contribution in [0.3, 0.4) is 0 Å². The minimum atomic E-state index is -0.117. The molecule has 0 radical (unpaired) electrons. The lowest BCUT2D eigenvalue weighted by Crippen LogP contribution is -2.35. The third kappa shape index (κ3) is 2.66. The lowest BCUT2D eigenvalue weighted by Gasteiger charge is -2.13. The molecule has 1 atom stereocenters. The average Bonchev–Trinajstić information content (AvgIpc) is 2.82. The standard InChI is InChI=1S/C12H16N2O2S/c1-16-10-4-2-3-9(11(10)13)12(15)14-8-5-6-17-7-8/h2-4,8H,5-7,13H2,1H3,(H,14,15). The maximum absolute atomic E-state index is 12.0. The average molecular weight is 252 g/mol. The minimum Gasteiger partial charge on any atom is -0.495 e. The van der Waals surface area contributed by atoms with Crippen LogP contribution < -0.4 is 15.8 Å². The van der Waals surface area contributed by atoms with E-state index < -0.39 is 0 Å². The van der Waals surface area contributed by atoms with Gasteiger partial charge in [0.05, 0.1) is 18.4 Å². The number of carbonyl (C=O) groups is 1. The highest BCUT2D eigenvalue weighted by Gasteiger charge is 2.20. The van der Waals surface area contributed by atoms with Gasteiger partial charge in [-0.15, -0.1) is 0 Å². The number of ether oxygens (including phenoxy) is 1. The number of hydrogen-bond acceptors (Lipinski definition) is 4. The Kier molecular flexibility index (Phi) is 3.78. The lowest BCUT2D eigenvalue weighted by atomic mass is 10.1.